The molecule has 2 aromatic rings. The molecule has 18 heavy (non-hydrogen) atoms. The van der Waals surface area contributed by atoms with Crippen LogP contribution in [0.2, 0.25) is 10.0 Å². The highest BCUT2D eigenvalue weighted by Crippen LogP contribution is 2.37. The normalized spacial score (nSPS) is 12.5. The van der Waals surface area contributed by atoms with Gasteiger partial charge in [-0.15, -0.1) is 0 Å². The number of rotatable bonds is 2. The van der Waals surface area contributed by atoms with Crippen molar-refractivity contribution < 1.29 is 8.78 Å². The summed E-state index contributed by atoms with van der Waals surface area (Å²) in [5.74, 6) is -0.995. The quantitative estimate of drug-likeness (QED) is 0.604. The molecule has 0 heterocycles. The SMILES string of the molecule is Fc1ccc(F)c(C(Br)c2ccc(Cl)cc2Cl)c1. The summed E-state index contributed by atoms with van der Waals surface area (Å²) >= 11 is 15.1. The zero-order chi connectivity index (χ0) is 13.3. The van der Waals surface area contributed by atoms with Crippen LogP contribution in [0.4, 0.5) is 8.78 Å². The van der Waals surface area contributed by atoms with Gasteiger partial charge in [0.25, 0.3) is 0 Å². The maximum atomic E-state index is 13.7. The smallest absolute Gasteiger partial charge is 0.128 e. The first-order valence-electron chi connectivity index (χ1n) is 5.03. The van der Waals surface area contributed by atoms with Gasteiger partial charge in [0.2, 0.25) is 0 Å². The fourth-order valence-electron chi connectivity index (χ4n) is 1.58. The maximum absolute atomic E-state index is 13.7. The van der Waals surface area contributed by atoms with E-state index in [0.717, 1.165) is 18.2 Å². The topological polar surface area (TPSA) is 0 Å². The molecule has 0 saturated heterocycles. The lowest BCUT2D eigenvalue weighted by Gasteiger charge is -2.13. The first-order chi connectivity index (χ1) is 8.49. The Morgan fingerprint density at radius 2 is 1.67 bits per heavy atom. The van der Waals surface area contributed by atoms with Crippen LogP contribution in [0.5, 0.6) is 0 Å². The molecule has 1 unspecified atom stereocenters. The van der Waals surface area contributed by atoms with E-state index in [4.69, 9.17) is 23.2 Å². The van der Waals surface area contributed by atoms with E-state index in [1.165, 1.54) is 0 Å². The second-order valence-corrected chi connectivity index (χ2v) is 5.45. The van der Waals surface area contributed by atoms with Crippen molar-refractivity contribution in [1.82, 2.24) is 0 Å². The van der Waals surface area contributed by atoms with Crippen LogP contribution in [0, 0.1) is 11.6 Å². The van der Waals surface area contributed by atoms with Crippen LogP contribution in [0.15, 0.2) is 36.4 Å². The second-order valence-electron chi connectivity index (χ2n) is 3.69. The van der Waals surface area contributed by atoms with E-state index < -0.39 is 16.5 Å². The highest BCUT2D eigenvalue weighted by atomic mass is 79.9. The largest absolute Gasteiger partial charge is 0.207 e. The molecule has 0 N–H and O–H groups in total. The third kappa shape index (κ3) is 2.85. The van der Waals surface area contributed by atoms with E-state index in [-0.39, 0.29) is 5.56 Å². The van der Waals surface area contributed by atoms with Crippen LogP contribution in [-0.2, 0) is 0 Å². The lowest BCUT2D eigenvalue weighted by atomic mass is 10.0. The van der Waals surface area contributed by atoms with Gasteiger partial charge < -0.3 is 0 Å². The lowest BCUT2D eigenvalue weighted by Crippen LogP contribution is -1.98. The highest BCUT2D eigenvalue weighted by Gasteiger charge is 2.18. The molecule has 0 aromatic heterocycles. The number of hydrogen-bond donors (Lipinski definition) is 0. The molecule has 0 radical (unpaired) electrons. The molecule has 2 aromatic carbocycles. The number of benzene rings is 2. The lowest BCUT2D eigenvalue weighted by molar-refractivity contribution is 0.588. The molecule has 2 rings (SSSR count). The first kappa shape index (κ1) is 13.8. The Morgan fingerprint density at radius 1 is 0.944 bits per heavy atom. The molecule has 0 aliphatic carbocycles. The van der Waals surface area contributed by atoms with Crippen molar-refractivity contribution in [2.45, 2.75) is 4.83 Å². The van der Waals surface area contributed by atoms with E-state index in [0.29, 0.717) is 15.6 Å². The molecule has 0 aliphatic rings. The third-order valence-electron chi connectivity index (χ3n) is 2.47. The molecule has 0 fully saturated rings. The van der Waals surface area contributed by atoms with Crippen LogP contribution >= 0.6 is 39.1 Å². The summed E-state index contributed by atoms with van der Waals surface area (Å²) in [6, 6.07) is 8.18. The van der Waals surface area contributed by atoms with E-state index in [9.17, 15) is 8.78 Å². The fourth-order valence-corrected chi connectivity index (χ4v) is 2.98. The predicted molar refractivity (Wildman–Crippen MR) is 73.6 cm³/mol. The average Bonchev–Trinajstić information content (AvgIpc) is 2.31. The molecule has 94 valence electrons. The van der Waals surface area contributed by atoms with Crippen molar-refractivity contribution in [3.05, 3.63) is 69.2 Å². The highest BCUT2D eigenvalue weighted by molar-refractivity contribution is 9.09. The van der Waals surface area contributed by atoms with Crippen molar-refractivity contribution in [3.8, 4) is 0 Å². The Hall–Kier alpha value is -0.640. The molecule has 0 aliphatic heterocycles. The van der Waals surface area contributed by atoms with Gasteiger partial charge in [0.15, 0.2) is 0 Å². The van der Waals surface area contributed by atoms with Crippen molar-refractivity contribution in [2.24, 2.45) is 0 Å². The van der Waals surface area contributed by atoms with Gasteiger partial charge in [-0.2, -0.15) is 0 Å². The minimum absolute atomic E-state index is 0.194. The van der Waals surface area contributed by atoms with E-state index in [2.05, 4.69) is 15.9 Å². The van der Waals surface area contributed by atoms with Crippen LogP contribution in [0.25, 0.3) is 0 Å². The molecule has 0 spiro atoms. The molecule has 5 heteroatoms. The van der Waals surface area contributed by atoms with Gasteiger partial charge in [-0.3, -0.25) is 0 Å². The van der Waals surface area contributed by atoms with Crippen LogP contribution in [-0.4, -0.2) is 0 Å². The summed E-state index contributed by atoms with van der Waals surface area (Å²) in [7, 11) is 0. The van der Waals surface area contributed by atoms with Gasteiger partial charge in [-0.25, -0.2) is 8.78 Å². The monoisotopic (exact) mass is 350 g/mol. The van der Waals surface area contributed by atoms with Crippen LogP contribution in [0.3, 0.4) is 0 Å². The Kier molecular flexibility index (Phi) is 4.25. The third-order valence-corrected chi connectivity index (χ3v) is 4.02. The second kappa shape index (κ2) is 5.55. The molecule has 0 bridgehead atoms. The Bertz CT molecular complexity index is 587. The Balaban J connectivity index is 2.47. The molecular formula is C13H7BrCl2F2. The zero-order valence-electron chi connectivity index (χ0n) is 8.93. The van der Waals surface area contributed by atoms with Gasteiger partial charge in [0.05, 0.1) is 4.83 Å². The van der Waals surface area contributed by atoms with E-state index >= 15 is 0 Å². The van der Waals surface area contributed by atoms with Gasteiger partial charge >= 0.3 is 0 Å². The Morgan fingerprint density at radius 3 is 2.33 bits per heavy atom. The number of halogens is 5. The first-order valence-corrected chi connectivity index (χ1v) is 6.70. The molecule has 1 atom stereocenters. The summed E-state index contributed by atoms with van der Waals surface area (Å²) in [5, 5.41) is 0.885. The minimum atomic E-state index is -0.530. The molecular weight excluding hydrogens is 345 g/mol. The average molecular weight is 352 g/mol. The summed E-state index contributed by atoms with van der Waals surface area (Å²) in [4.78, 5) is -0.530. The van der Waals surface area contributed by atoms with Crippen LogP contribution < -0.4 is 0 Å². The fraction of sp³-hybridized carbons (Fsp3) is 0.0769. The van der Waals surface area contributed by atoms with Gasteiger partial charge in [-0.05, 0) is 35.9 Å². The summed E-state index contributed by atoms with van der Waals surface area (Å²) in [6.45, 7) is 0. The Labute approximate surface area is 122 Å². The summed E-state index contributed by atoms with van der Waals surface area (Å²) in [6.07, 6.45) is 0. The van der Waals surface area contributed by atoms with E-state index in [1.807, 2.05) is 0 Å². The van der Waals surface area contributed by atoms with Crippen molar-refractivity contribution in [2.75, 3.05) is 0 Å². The standard InChI is InChI=1S/C13H7BrCl2F2/c14-13(9-3-1-7(15)5-11(9)16)10-6-8(17)2-4-12(10)18/h1-6,13H. The van der Waals surface area contributed by atoms with Crippen LogP contribution in [0.1, 0.15) is 16.0 Å². The summed E-state index contributed by atoms with van der Waals surface area (Å²) in [5.41, 5.74) is 0.824. The van der Waals surface area contributed by atoms with E-state index in [1.54, 1.807) is 18.2 Å². The molecule has 0 amide bonds. The van der Waals surface area contributed by atoms with Gasteiger partial charge in [0, 0.05) is 15.6 Å². The van der Waals surface area contributed by atoms with Crippen molar-refractivity contribution in [3.63, 3.8) is 0 Å². The predicted octanol–water partition coefficient (Wildman–Crippen LogP) is 5.76. The van der Waals surface area contributed by atoms with Gasteiger partial charge in [0.1, 0.15) is 11.6 Å². The summed E-state index contributed by atoms with van der Waals surface area (Å²) < 4.78 is 26.8. The number of alkyl halides is 1. The van der Waals surface area contributed by atoms with Gasteiger partial charge in [-0.1, -0.05) is 45.2 Å². The molecule has 0 nitrogen and oxygen atoms in total. The molecule has 0 saturated carbocycles. The minimum Gasteiger partial charge on any atom is -0.207 e. The number of hydrogen-bond acceptors (Lipinski definition) is 0. The van der Waals surface area contributed by atoms with Crippen molar-refractivity contribution >= 4 is 39.1 Å². The maximum Gasteiger partial charge on any atom is 0.128 e. The zero-order valence-corrected chi connectivity index (χ0v) is 12.0. The van der Waals surface area contributed by atoms with Crippen molar-refractivity contribution in [1.29, 1.82) is 0 Å².